The average Bonchev–Trinajstić information content (AvgIpc) is 2.60. The van der Waals surface area contributed by atoms with Crippen molar-refractivity contribution in [1.82, 2.24) is 14.2 Å². The summed E-state index contributed by atoms with van der Waals surface area (Å²) in [5.74, 6) is 0. The van der Waals surface area contributed by atoms with E-state index in [1.165, 1.54) is 10.4 Å². The molecule has 0 saturated carbocycles. The Balaban J connectivity index is 1.69. The lowest BCUT2D eigenvalue weighted by Crippen LogP contribution is -2.48. The Kier molecular flexibility index (Phi) is 5.88. The third kappa shape index (κ3) is 4.10. The third-order valence-electron chi connectivity index (χ3n) is 4.10. The number of pyridine rings is 1. The molecule has 1 aromatic carbocycles. The van der Waals surface area contributed by atoms with Crippen molar-refractivity contribution >= 4 is 44.8 Å². The lowest BCUT2D eigenvalue weighted by molar-refractivity contribution is 0.181. The minimum Gasteiger partial charge on any atom is -0.296 e. The van der Waals surface area contributed by atoms with Crippen LogP contribution in [0.5, 0.6) is 0 Å². The number of rotatable bonds is 4. The molecule has 0 atom stereocenters. The highest BCUT2D eigenvalue weighted by Gasteiger charge is 2.30. The Morgan fingerprint density at radius 2 is 1.72 bits per heavy atom. The van der Waals surface area contributed by atoms with Gasteiger partial charge < -0.3 is 0 Å². The molecule has 0 radical (unpaired) electrons. The van der Waals surface area contributed by atoms with E-state index in [2.05, 4.69) is 9.88 Å². The van der Waals surface area contributed by atoms with Crippen LogP contribution in [0.2, 0.25) is 15.2 Å². The van der Waals surface area contributed by atoms with E-state index in [0.717, 1.165) is 5.56 Å². The van der Waals surface area contributed by atoms with Crippen molar-refractivity contribution in [3.05, 3.63) is 57.3 Å². The predicted molar refractivity (Wildman–Crippen MR) is 99.7 cm³/mol. The molecule has 0 N–H and O–H groups in total. The van der Waals surface area contributed by atoms with Crippen LogP contribution in [0, 0.1) is 0 Å². The van der Waals surface area contributed by atoms with Gasteiger partial charge in [-0.3, -0.25) is 4.90 Å². The maximum absolute atomic E-state index is 12.8. The SMILES string of the molecule is O=S(=O)(c1cccc(Cl)c1Cl)N1CCN(Cc2cccnc2Cl)CC1. The summed E-state index contributed by atoms with van der Waals surface area (Å²) in [7, 11) is -3.67. The van der Waals surface area contributed by atoms with Gasteiger partial charge in [-0.05, 0) is 18.2 Å². The van der Waals surface area contributed by atoms with Crippen molar-refractivity contribution in [2.24, 2.45) is 0 Å². The zero-order chi connectivity index (χ0) is 18.0. The second-order valence-corrected chi connectivity index (χ2v) is 8.74. The molecule has 0 aliphatic carbocycles. The van der Waals surface area contributed by atoms with Gasteiger partial charge in [0.2, 0.25) is 10.0 Å². The van der Waals surface area contributed by atoms with E-state index in [4.69, 9.17) is 34.8 Å². The largest absolute Gasteiger partial charge is 0.296 e. The van der Waals surface area contributed by atoms with E-state index in [-0.39, 0.29) is 14.9 Å². The van der Waals surface area contributed by atoms with E-state index in [9.17, 15) is 8.42 Å². The Morgan fingerprint density at radius 3 is 2.40 bits per heavy atom. The molecule has 1 aromatic heterocycles. The highest BCUT2D eigenvalue weighted by molar-refractivity contribution is 7.89. The fourth-order valence-electron chi connectivity index (χ4n) is 2.73. The van der Waals surface area contributed by atoms with Crippen LogP contribution in [0.3, 0.4) is 0 Å². The standard InChI is InChI=1S/C16H16Cl3N3O2S/c17-13-4-1-5-14(15(13)18)25(23,24)22-9-7-21(8-10-22)11-12-3-2-6-20-16(12)19/h1-6H,7-11H2. The number of nitrogens with zero attached hydrogens (tertiary/aromatic N) is 3. The van der Waals surface area contributed by atoms with Crippen LogP contribution in [0.15, 0.2) is 41.4 Å². The van der Waals surface area contributed by atoms with Gasteiger partial charge in [-0.1, -0.05) is 46.9 Å². The van der Waals surface area contributed by atoms with Crippen molar-refractivity contribution < 1.29 is 8.42 Å². The zero-order valence-electron chi connectivity index (χ0n) is 13.2. The third-order valence-corrected chi connectivity index (χ3v) is 7.31. The lowest BCUT2D eigenvalue weighted by Gasteiger charge is -2.34. The Hall–Kier alpha value is -0.890. The summed E-state index contributed by atoms with van der Waals surface area (Å²) >= 11 is 18.1. The summed E-state index contributed by atoms with van der Waals surface area (Å²) in [4.78, 5) is 6.26. The summed E-state index contributed by atoms with van der Waals surface area (Å²) in [5, 5.41) is 0.768. The fourth-order valence-corrected chi connectivity index (χ4v) is 5.07. The molecule has 0 amide bonds. The topological polar surface area (TPSA) is 53.5 Å². The first-order chi connectivity index (χ1) is 11.9. The van der Waals surface area contributed by atoms with Crippen LogP contribution >= 0.6 is 34.8 Å². The van der Waals surface area contributed by atoms with E-state index < -0.39 is 10.0 Å². The number of benzene rings is 1. The quantitative estimate of drug-likeness (QED) is 0.710. The molecule has 9 heteroatoms. The number of aromatic nitrogens is 1. The molecule has 1 aliphatic rings. The van der Waals surface area contributed by atoms with Gasteiger partial charge in [-0.25, -0.2) is 13.4 Å². The fraction of sp³-hybridized carbons (Fsp3) is 0.312. The molecule has 1 saturated heterocycles. The summed E-state index contributed by atoms with van der Waals surface area (Å²) in [5.41, 5.74) is 0.929. The zero-order valence-corrected chi connectivity index (χ0v) is 16.3. The van der Waals surface area contributed by atoms with Crippen LogP contribution in [0.4, 0.5) is 0 Å². The van der Waals surface area contributed by atoms with Crippen LogP contribution in [-0.2, 0) is 16.6 Å². The van der Waals surface area contributed by atoms with Gasteiger partial charge in [0.25, 0.3) is 0 Å². The number of halogens is 3. The number of hydrogen-bond donors (Lipinski definition) is 0. The Labute approximate surface area is 162 Å². The summed E-state index contributed by atoms with van der Waals surface area (Å²) in [6.07, 6.45) is 1.64. The molecule has 5 nitrogen and oxygen atoms in total. The van der Waals surface area contributed by atoms with Crippen molar-refractivity contribution in [3.8, 4) is 0 Å². The first kappa shape index (κ1) is 18.9. The second-order valence-electron chi connectivity index (χ2n) is 5.69. The van der Waals surface area contributed by atoms with Crippen molar-refractivity contribution in [3.63, 3.8) is 0 Å². The normalized spacial score (nSPS) is 16.9. The minimum atomic E-state index is -3.67. The van der Waals surface area contributed by atoms with E-state index in [1.54, 1.807) is 18.3 Å². The summed E-state index contributed by atoms with van der Waals surface area (Å²) in [6, 6.07) is 8.39. The van der Waals surface area contributed by atoms with Crippen LogP contribution in [0.25, 0.3) is 0 Å². The predicted octanol–water partition coefficient (Wildman–Crippen LogP) is 3.55. The van der Waals surface area contributed by atoms with Gasteiger partial charge in [0.1, 0.15) is 10.0 Å². The van der Waals surface area contributed by atoms with Gasteiger partial charge in [0.15, 0.2) is 0 Å². The van der Waals surface area contributed by atoms with Gasteiger partial charge >= 0.3 is 0 Å². The molecule has 1 aliphatic heterocycles. The molecule has 1 fully saturated rings. The van der Waals surface area contributed by atoms with Crippen molar-refractivity contribution in [2.75, 3.05) is 26.2 Å². The molecule has 0 unspecified atom stereocenters. The van der Waals surface area contributed by atoms with Crippen molar-refractivity contribution in [2.45, 2.75) is 11.4 Å². The molecule has 0 bridgehead atoms. The van der Waals surface area contributed by atoms with E-state index >= 15 is 0 Å². The maximum atomic E-state index is 12.8. The molecule has 3 rings (SSSR count). The molecule has 2 heterocycles. The Morgan fingerprint density at radius 1 is 1.00 bits per heavy atom. The lowest BCUT2D eigenvalue weighted by atomic mass is 10.2. The highest BCUT2D eigenvalue weighted by Crippen LogP contribution is 2.31. The molecule has 25 heavy (non-hydrogen) atoms. The highest BCUT2D eigenvalue weighted by atomic mass is 35.5. The first-order valence-electron chi connectivity index (χ1n) is 7.65. The number of piperazine rings is 1. The monoisotopic (exact) mass is 419 g/mol. The van der Waals surface area contributed by atoms with Crippen molar-refractivity contribution in [1.29, 1.82) is 0 Å². The smallest absolute Gasteiger partial charge is 0.244 e. The molecule has 2 aromatic rings. The first-order valence-corrected chi connectivity index (χ1v) is 10.2. The molecular formula is C16H16Cl3N3O2S. The summed E-state index contributed by atoms with van der Waals surface area (Å²) in [6.45, 7) is 2.59. The summed E-state index contributed by atoms with van der Waals surface area (Å²) < 4.78 is 27.1. The average molecular weight is 421 g/mol. The van der Waals surface area contributed by atoms with Gasteiger partial charge in [-0.2, -0.15) is 4.31 Å². The van der Waals surface area contributed by atoms with E-state index in [0.29, 0.717) is 37.9 Å². The minimum absolute atomic E-state index is 0.0467. The van der Waals surface area contributed by atoms with Gasteiger partial charge in [0, 0.05) is 44.5 Å². The molecular weight excluding hydrogens is 405 g/mol. The van der Waals surface area contributed by atoms with Crippen LogP contribution < -0.4 is 0 Å². The van der Waals surface area contributed by atoms with Crippen LogP contribution in [0.1, 0.15) is 5.56 Å². The number of sulfonamides is 1. The number of hydrogen-bond acceptors (Lipinski definition) is 4. The van der Waals surface area contributed by atoms with Gasteiger partial charge in [-0.15, -0.1) is 0 Å². The van der Waals surface area contributed by atoms with E-state index in [1.807, 2.05) is 12.1 Å². The second kappa shape index (κ2) is 7.78. The van der Waals surface area contributed by atoms with Gasteiger partial charge in [0.05, 0.1) is 10.0 Å². The molecule has 134 valence electrons. The van der Waals surface area contributed by atoms with Crippen LogP contribution in [-0.4, -0.2) is 48.8 Å². The Bertz CT molecular complexity index is 869. The molecule has 0 spiro atoms. The maximum Gasteiger partial charge on any atom is 0.244 e.